The van der Waals surface area contributed by atoms with Gasteiger partial charge in [-0.05, 0) is 41.8 Å². The lowest BCUT2D eigenvalue weighted by atomic mass is 10.0. The molecule has 0 radical (unpaired) electrons. The number of aromatic nitrogens is 2. The highest BCUT2D eigenvalue weighted by molar-refractivity contribution is 5.89. The standard InChI is InChI=1S/C17H18N4O2/c1-22-14-6-4-11(9-15(14)23-2)7-10-3-5-13-12(8-10)16(18)21-17(19)20-13/h3-6,8-9H,7H2,1-2H3,(H4,18,19,20,21). The Kier molecular flexibility index (Phi) is 3.89. The van der Waals surface area contributed by atoms with Crippen LogP contribution in [0.15, 0.2) is 36.4 Å². The highest BCUT2D eigenvalue weighted by atomic mass is 16.5. The molecule has 0 saturated heterocycles. The molecule has 3 rings (SSSR count). The third-order valence-electron chi connectivity index (χ3n) is 3.66. The van der Waals surface area contributed by atoms with Gasteiger partial charge in [-0.3, -0.25) is 0 Å². The van der Waals surface area contributed by atoms with Crippen molar-refractivity contribution in [1.29, 1.82) is 0 Å². The number of nitrogen functional groups attached to an aromatic ring is 2. The van der Waals surface area contributed by atoms with Gasteiger partial charge in [0.2, 0.25) is 5.95 Å². The zero-order chi connectivity index (χ0) is 16.4. The van der Waals surface area contributed by atoms with E-state index in [4.69, 9.17) is 20.9 Å². The van der Waals surface area contributed by atoms with Gasteiger partial charge in [0.05, 0.1) is 19.7 Å². The Morgan fingerprint density at radius 1 is 0.870 bits per heavy atom. The fourth-order valence-corrected chi connectivity index (χ4v) is 2.55. The Hall–Kier alpha value is -3.02. The van der Waals surface area contributed by atoms with E-state index in [9.17, 15) is 0 Å². The molecule has 0 unspecified atom stereocenters. The molecule has 0 aliphatic carbocycles. The number of rotatable bonds is 4. The summed E-state index contributed by atoms with van der Waals surface area (Å²) < 4.78 is 10.6. The van der Waals surface area contributed by atoms with E-state index in [1.807, 2.05) is 36.4 Å². The Bertz CT molecular complexity index is 865. The largest absolute Gasteiger partial charge is 0.493 e. The van der Waals surface area contributed by atoms with E-state index in [0.717, 1.165) is 28.5 Å². The molecule has 0 atom stereocenters. The minimum Gasteiger partial charge on any atom is -0.493 e. The molecule has 0 spiro atoms. The molecule has 0 saturated carbocycles. The van der Waals surface area contributed by atoms with Gasteiger partial charge in [0.15, 0.2) is 11.5 Å². The maximum Gasteiger partial charge on any atom is 0.222 e. The molecule has 0 amide bonds. The van der Waals surface area contributed by atoms with Gasteiger partial charge in [0.1, 0.15) is 5.82 Å². The molecule has 3 aromatic rings. The normalized spacial score (nSPS) is 10.7. The molecule has 6 heteroatoms. The Morgan fingerprint density at radius 2 is 1.57 bits per heavy atom. The molecule has 6 nitrogen and oxygen atoms in total. The van der Waals surface area contributed by atoms with Crippen LogP contribution in [0, 0.1) is 0 Å². The summed E-state index contributed by atoms with van der Waals surface area (Å²) >= 11 is 0. The molecule has 0 aliphatic rings. The molecule has 1 aromatic heterocycles. The minimum atomic E-state index is 0.183. The third-order valence-corrected chi connectivity index (χ3v) is 3.66. The summed E-state index contributed by atoms with van der Waals surface area (Å²) in [6.07, 6.45) is 0.736. The van der Waals surface area contributed by atoms with Crippen molar-refractivity contribution in [1.82, 2.24) is 9.97 Å². The molecular weight excluding hydrogens is 292 g/mol. The molecular formula is C17H18N4O2. The lowest BCUT2D eigenvalue weighted by Gasteiger charge is -2.10. The van der Waals surface area contributed by atoms with Crippen molar-refractivity contribution in [3.63, 3.8) is 0 Å². The van der Waals surface area contributed by atoms with Crippen molar-refractivity contribution in [3.05, 3.63) is 47.5 Å². The fourth-order valence-electron chi connectivity index (χ4n) is 2.55. The van der Waals surface area contributed by atoms with Crippen LogP contribution in [-0.4, -0.2) is 24.2 Å². The molecule has 4 N–H and O–H groups in total. The van der Waals surface area contributed by atoms with Crippen LogP contribution in [0.4, 0.5) is 11.8 Å². The second-order valence-electron chi connectivity index (χ2n) is 5.18. The quantitative estimate of drug-likeness (QED) is 0.768. The number of nitrogens with zero attached hydrogens (tertiary/aromatic N) is 2. The second kappa shape index (κ2) is 6.00. The van der Waals surface area contributed by atoms with Crippen LogP contribution < -0.4 is 20.9 Å². The van der Waals surface area contributed by atoms with Crippen molar-refractivity contribution in [2.24, 2.45) is 0 Å². The highest BCUT2D eigenvalue weighted by Crippen LogP contribution is 2.29. The first-order valence-corrected chi connectivity index (χ1v) is 7.13. The first-order chi connectivity index (χ1) is 11.1. The predicted molar refractivity (Wildman–Crippen MR) is 90.7 cm³/mol. The maximum absolute atomic E-state index is 5.94. The lowest BCUT2D eigenvalue weighted by Crippen LogP contribution is -2.01. The summed E-state index contributed by atoms with van der Waals surface area (Å²) in [4.78, 5) is 8.19. The van der Waals surface area contributed by atoms with Gasteiger partial charge in [-0.1, -0.05) is 12.1 Å². The molecule has 0 bridgehead atoms. The molecule has 118 valence electrons. The van der Waals surface area contributed by atoms with Gasteiger partial charge < -0.3 is 20.9 Å². The van der Waals surface area contributed by atoms with Crippen LogP contribution in [-0.2, 0) is 6.42 Å². The van der Waals surface area contributed by atoms with Crippen LogP contribution in [0.2, 0.25) is 0 Å². The summed E-state index contributed by atoms with van der Waals surface area (Å²) in [5.41, 5.74) is 14.5. The van der Waals surface area contributed by atoms with Crippen LogP contribution >= 0.6 is 0 Å². The fraction of sp³-hybridized carbons (Fsp3) is 0.176. The Morgan fingerprint density at radius 3 is 2.30 bits per heavy atom. The van der Waals surface area contributed by atoms with Crippen LogP contribution in [0.25, 0.3) is 10.9 Å². The topological polar surface area (TPSA) is 96.3 Å². The number of fused-ring (bicyclic) bond motifs is 1. The average Bonchev–Trinajstić information content (AvgIpc) is 2.55. The smallest absolute Gasteiger partial charge is 0.222 e. The van der Waals surface area contributed by atoms with Crippen molar-refractivity contribution in [2.75, 3.05) is 25.7 Å². The summed E-state index contributed by atoms with van der Waals surface area (Å²) in [7, 11) is 3.25. The number of benzene rings is 2. The second-order valence-corrected chi connectivity index (χ2v) is 5.18. The number of anilines is 2. The van der Waals surface area contributed by atoms with E-state index in [1.165, 1.54) is 0 Å². The SMILES string of the molecule is COc1ccc(Cc2ccc3nc(N)nc(N)c3c2)cc1OC. The monoisotopic (exact) mass is 310 g/mol. The Labute approximate surface area is 134 Å². The zero-order valence-corrected chi connectivity index (χ0v) is 13.0. The Balaban J connectivity index is 1.95. The summed E-state index contributed by atoms with van der Waals surface area (Å²) in [5, 5.41) is 0.803. The molecule has 0 aliphatic heterocycles. The van der Waals surface area contributed by atoms with E-state index < -0.39 is 0 Å². The van der Waals surface area contributed by atoms with E-state index in [2.05, 4.69) is 9.97 Å². The zero-order valence-electron chi connectivity index (χ0n) is 13.0. The lowest BCUT2D eigenvalue weighted by molar-refractivity contribution is 0.354. The molecule has 0 fully saturated rings. The van der Waals surface area contributed by atoms with Gasteiger partial charge in [-0.15, -0.1) is 0 Å². The minimum absolute atomic E-state index is 0.183. The summed E-state index contributed by atoms with van der Waals surface area (Å²) in [6.45, 7) is 0. The predicted octanol–water partition coefficient (Wildman–Crippen LogP) is 2.40. The van der Waals surface area contributed by atoms with Gasteiger partial charge in [0.25, 0.3) is 0 Å². The molecule has 1 heterocycles. The number of nitrogens with two attached hydrogens (primary N) is 2. The van der Waals surface area contributed by atoms with Crippen molar-refractivity contribution < 1.29 is 9.47 Å². The summed E-state index contributed by atoms with van der Waals surface area (Å²) in [5.74, 6) is 1.99. The highest BCUT2D eigenvalue weighted by Gasteiger charge is 2.08. The van der Waals surface area contributed by atoms with Crippen molar-refractivity contribution in [2.45, 2.75) is 6.42 Å². The van der Waals surface area contributed by atoms with Gasteiger partial charge in [-0.25, -0.2) is 4.98 Å². The third kappa shape index (κ3) is 2.96. The summed E-state index contributed by atoms with van der Waals surface area (Å²) in [6, 6.07) is 11.8. The van der Waals surface area contributed by atoms with Crippen LogP contribution in [0.1, 0.15) is 11.1 Å². The van der Waals surface area contributed by atoms with Crippen molar-refractivity contribution >= 4 is 22.7 Å². The van der Waals surface area contributed by atoms with Crippen molar-refractivity contribution in [3.8, 4) is 11.5 Å². The van der Waals surface area contributed by atoms with Gasteiger partial charge >= 0.3 is 0 Å². The molecule has 2 aromatic carbocycles. The van der Waals surface area contributed by atoms with E-state index in [-0.39, 0.29) is 5.95 Å². The first kappa shape index (κ1) is 14.9. The number of hydrogen-bond acceptors (Lipinski definition) is 6. The average molecular weight is 310 g/mol. The maximum atomic E-state index is 5.94. The van der Waals surface area contributed by atoms with Crippen LogP contribution in [0.3, 0.4) is 0 Å². The van der Waals surface area contributed by atoms with Crippen LogP contribution in [0.5, 0.6) is 11.5 Å². The van der Waals surface area contributed by atoms with Gasteiger partial charge in [0, 0.05) is 5.39 Å². The van der Waals surface area contributed by atoms with E-state index in [1.54, 1.807) is 14.2 Å². The van der Waals surface area contributed by atoms with E-state index in [0.29, 0.717) is 17.3 Å². The first-order valence-electron chi connectivity index (χ1n) is 7.13. The van der Waals surface area contributed by atoms with E-state index >= 15 is 0 Å². The molecule has 23 heavy (non-hydrogen) atoms. The number of hydrogen-bond donors (Lipinski definition) is 2. The van der Waals surface area contributed by atoms with Gasteiger partial charge in [-0.2, -0.15) is 4.98 Å². The number of methoxy groups -OCH3 is 2. The number of ether oxygens (including phenoxy) is 2.